The molecule has 1 amide bonds. The molecule has 2 nitrogen and oxygen atoms in total. The predicted molar refractivity (Wildman–Crippen MR) is 73.3 cm³/mol. The Labute approximate surface area is 110 Å². The van der Waals surface area contributed by atoms with E-state index in [1.165, 1.54) is 12.8 Å². The number of carbonyl (C=O) groups excluding carboxylic acids is 1. The van der Waals surface area contributed by atoms with Crippen LogP contribution in [-0.4, -0.2) is 17.8 Å². The highest BCUT2D eigenvalue weighted by Crippen LogP contribution is 2.40. The monoisotopic (exact) mass is 259 g/mol. The summed E-state index contributed by atoms with van der Waals surface area (Å²) in [7, 11) is 0. The van der Waals surface area contributed by atoms with Gasteiger partial charge in [-0.05, 0) is 24.7 Å². The third-order valence-corrected chi connectivity index (χ3v) is 4.30. The van der Waals surface area contributed by atoms with Crippen molar-refractivity contribution in [1.29, 1.82) is 0 Å². The minimum Gasteiger partial charge on any atom is -0.354 e. The number of hydrogen-bond donors (Lipinski definition) is 1. The normalized spacial score (nSPS) is 25.3. The third-order valence-electron chi connectivity index (χ3n) is 3.92. The number of nitrogens with one attached hydrogen (secondary N) is 1. The van der Waals surface area contributed by atoms with Crippen LogP contribution >= 0.6 is 11.6 Å². The zero-order valence-electron chi connectivity index (χ0n) is 11.4. The molecule has 0 aliphatic heterocycles. The number of rotatable bonds is 5. The molecule has 1 saturated carbocycles. The number of halogens is 1. The molecular formula is C14H26ClNO. The van der Waals surface area contributed by atoms with Crippen LogP contribution in [-0.2, 0) is 4.79 Å². The lowest BCUT2D eigenvalue weighted by Crippen LogP contribution is -2.42. The van der Waals surface area contributed by atoms with Crippen molar-refractivity contribution in [3.63, 3.8) is 0 Å². The van der Waals surface area contributed by atoms with Crippen molar-refractivity contribution in [1.82, 2.24) is 5.32 Å². The quantitative estimate of drug-likeness (QED) is 0.749. The molecule has 0 aromatic heterocycles. The van der Waals surface area contributed by atoms with Crippen molar-refractivity contribution in [3.8, 4) is 0 Å². The molecule has 1 aliphatic carbocycles. The highest BCUT2D eigenvalue weighted by atomic mass is 35.5. The molecule has 0 radical (unpaired) electrons. The van der Waals surface area contributed by atoms with E-state index in [1.807, 2.05) is 0 Å². The Bertz CT molecular complexity index is 253. The zero-order chi connectivity index (χ0) is 12.9. The predicted octanol–water partition coefficient (Wildman–Crippen LogP) is 3.73. The van der Waals surface area contributed by atoms with Crippen LogP contribution in [0.3, 0.4) is 0 Å². The summed E-state index contributed by atoms with van der Waals surface area (Å²) in [4.78, 5) is 12.2. The topological polar surface area (TPSA) is 29.1 Å². The molecule has 1 fully saturated rings. The summed E-state index contributed by atoms with van der Waals surface area (Å²) in [5.74, 6) is 0.373. The fraction of sp³-hybridized carbons (Fsp3) is 0.929. The van der Waals surface area contributed by atoms with E-state index < -0.39 is 0 Å². The van der Waals surface area contributed by atoms with Gasteiger partial charge in [0.05, 0.1) is 5.38 Å². The van der Waals surface area contributed by atoms with Gasteiger partial charge in [-0.25, -0.2) is 0 Å². The van der Waals surface area contributed by atoms with Crippen LogP contribution in [0.2, 0.25) is 0 Å². The molecule has 1 aliphatic rings. The van der Waals surface area contributed by atoms with Crippen LogP contribution in [0.25, 0.3) is 0 Å². The molecule has 0 heterocycles. The molecule has 0 spiro atoms. The zero-order valence-corrected chi connectivity index (χ0v) is 12.1. The van der Waals surface area contributed by atoms with Crippen LogP contribution in [0.15, 0.2) is 0 Å². The lowest BCUT2D eigenvalue weighted by molar-refractivity contribution is -0.130. The first-order chi connectivity index (χ1) is 7.97. The second kappa shape index (κ2) is 6.63. The maximum absolute atomic E-state index is 12.2. The number of amides is 1. The average molecular weight is 260 g/mol. The highest BCUT2D eigenvalue weighted by Gasteiger charge is 2.36. The molecule has 0 aromatic carbocycles. The fourth-order valence-corrected chi connectivity index (χ4v) is 3.03. The Morgan fingerprint density at radius 1 is 1.47 bits per heavy atom. The van der Waals surface area contributed by atoms with Crippen molar-refractivity contribution in [2.24, 2.45) is 11.3 Å². The van der Waals surface area contributed by atoms with Crippen molar-refractivity contribution >= 4 is 17.5 Å². The number of hydrogen-bond acceptors (Lipinski definition) is 1. The molecule has 0 saturated heterocycles. The molecule has 1 rings (SSSR count). The summed E-state index contributed by atoms with van der Waals surface area (Å²) in [6.45, 7) is 7.14. The van der Waals surface area contributed by atoms with Crippen LogP contribution in [0, 0.1) is 11.3 Å². The molecule has 17 heavy (non-hydrogen) atoms. The minimum atomic E-state index is 0.0793. The Hall–Kier alpha value is -0.240. The van der Waals surface area contributed by atoms with Crippen molar-refractivity contribution in [2.75, 3.05) is 6.54 Å². The van der Waals surface area contributed by atoms with E-state index in [1.54, 1.807) is 0 Å². The molecular weight excluding hydrogens is 234 g/mol. The van der Waals surface area contributed by atoms with Gasteiger partial charge in [-0.3, -0.25) is 4.79 Å². The van der Waals surface area contributed by atoms with E-state index in [0.29, 0.717) is 6.54 Å². The maximum Gasteiger partial charge on any atom is 0.223 e. The van der Waals surface area contributed by atoms with Gasteiger partial charge in [-0.1, -0.05) is 40.0 Å². The molecule has 3 heteroatoms. The van der Waals surface area contributed by atoms with Gasteiger partial charge < -0.3 is 5.32 Å². The number of alkyl halides is 1. The lowest BCUT2D eigenvalue weighted by atomic mass is 9.68. The van der Waals surface area contributed by atoms with Crippen LogP contribution in [0.5, 0.6) is 0 Å². The summed E-state index contributed by atoms with van der Waals surface area (Å²) < 4.78 is 0. The Morgan fingerprint density at radius 2 is 2.18 bits per heavy atom. The summed E-state index contributed by atoms with van der Waals surface area (Å²) in [6.07, 6.45) is 6.66. The fourth-order valence-electron chi connectivity index (χ4n) is 2.73. The smallest absolute Gasteiger partial charge is 0.223 e. The van der Waals surface area contributed by atoms with Gasteiger partial charge in [0.25, 0.3) is 0 Å². The Kier molecular flexibility index (Phi) is 5.78. The van der Waals surface area contributed by atoms with E-state index in [0.717, 1.165) is 25.7 Å². The van der Waals surface area contributed by atoms with Crippen LogP contribution < -0.4 is 5.32 Å². The van der Waals surface area contributed by atoms with Gasteiger partial charge >= 0.3 is 0 Å². The molecule has 2 unspecified atom stereocenters. The lowest BCUT2D eigenvalue weighted by Gasteiger charge is -2.37. The van der Waals surface area contributed by atoms with Gasteiger partial charge in [-0.15, -0.1) is 11.6 Å². The van der Waals surface area contributed by atoms with Gasteiger partial charge in [0.2, 0.25) is 5.91 Å². The van der Waals surface area contributed by atoms with E-state index in [2.05, 4.69) is 26.1 Å². The SMILES string of the molecule is CCCC(Cl)CNC(=O)C1CCCCC1(C)C. The second-order valence-corrected chi connectivity index (χ2v) is 6.54. The molecule has 0 aromatic rings. The summed E-state index contributed by atoms with van der Waals surface area (Å²) in [5, 5.41) is 3.10. The van der Waals surface area contributed by atoms with E-state index in [4.69, 9.17) is 11.6 Å². The van der Waals surface area contributed by atoms with Crippen LogP contribution in [0.1, 0.15) is 59.3 Å². The third kappa shape index (κ3) is 4.50. The van der Waals surface area contributed by atoms with Crippen molar-refractivity contribution in [2.45, 2.75) is 64.7 Å². The van der Waals surface area contributed by atoms with E-state index in [9.17, 15) is 4.79 Å². The van der Waals surface area contributed by atoms with Gasteiger partial charge in [0.15, 0.2) is 0 Å². The summed E-state index contributed by atoms with van der Waals surface area (Å²) in [6, 6.07) is 0. The van der Waals surface area contributed by atoms with Crippen LogP contribution in [0.4, 0.5) is 0 Å². The number of carbonyl (C=O) groups is 1. The largest absolute Gasteiger partial charge is 0.354 e. The van der Waals surface area contributed by atoms with Gasteiger partial charge in [0.1, 0.15) is 0 Å². The Morgan fingerprint density at radius 3 is 2.76 bits per heavy atom. The Balaban J connectivity index is 2.41. The van der Waals surface area contributed by atoms with Crippen molar-refractivity contribution in [3.05, 3.63) is 0 Å². The first kappa shape index (κ1) is 14.8. The van der Waals surface area contributed by atoms with Gasteiger partial charge in [0, 0.05) is 12.5 Å². The molecule has 100 valence electrons. The maximum atomic E-state index is 12.2. The molecule has 1 N–H and O–H groups in total. The molecule has 0 bridgehead atoms. The van der Waals surface area contributed by atoms with Gasteiger partial charge in [-0.2, -0.15) is 0 Å². The van der Waals surface area contributed by atoms with E-state index >= 15 is 0 Å². The molecule has 2 atom stereocenters. The van der Waals surface area contributed by atoms with Crippen molar-refractivity contribution < 1.29 is 4.79 Å². The van der Waals surface area contributed by atoms with E-state index in [-0.39, 0.29) is 22.6 Å². The highest BCUT2D eigenvalue weighted by molar-refractivity contribution is 6.20. The average Bonchev–Trinajstić information content (AvgIpc) is 2.26. The minimum absolute atomic E-state index is 0.0793. The summed E-state index contributed by atoms with van der Waals surface area (Å²) >= 11 is 6.12. The first-order valence-corrected chi connectivity index (χ1v) is 7.33. The summed E-state index contributed by atoms with van der Waals surface area (Å²) in [5.41, 5.74) is 0.148. The standard InChI is InChI=1S/C14H26ClNO/c1-4-7-11(15)10-16-13(17)12-8-5-6-9-14(12,2)3/h11-12H,4-10H2,1-3H3,(H,16,17). The second-order valence-electron chi connectivity index (χ2n) is 5.92. The first-order valence-electron chi connectivity index (χ1n) is 6.89.